The summed E-state index contributed by atoms with van der Waals surface area (Å²) in [7, 11) is 1.50. The topological polar surface area (TPSA) is 64.6 Å². The number of fused-ring (bicyclic) bond motifs is 1. The first kappa shape index (κ1) is 19.2. The zero-order valence-electron chi connectivity index (χ0n) is 15.3. The van der Waals surface area contributed by atoms with Gasteiger partial charge in [0.1, 0.15) is 4.32 Å². The van der Waals surface area contributed by atoms with E-state index in [9.17, 15) is 9.59 Å². The van der Waals surface area contributed by atoms with Gasteiger partial charge >= 0.3 is 5.97 Å². The maximum Gasteiger partial charge on any atom is 0.344 e. The van der Waals surface area contributed by atoms with Gasteiger partial charge in [-0.25, -0.2) is 4.79 Å². The van der Waals surface area contributed by atoms with Gasteiger partial charge in [0.25, 0.3) is 5.91 Å². The van der Waals surface area contributed by atoms with E-state index in [1.165, 1.54) is 18.9 Å². The van der Waals surface area contributed by atoms with Crippen LogP contribution in [0.15, 0.2) is 65.6 Å². The van der Waals surface area contributed by atoms with E-state index >= 15 is 0 Å². The van der Waals surface area contributed by atoms with Crippen molar-refractivity contribution in [3.8, 4) is 11.5 Å². The molecule has 1 N–H and O–H groups in total. The van der Waals surface area contributed by atoms with Gasteiger partial charge < -0.3 is 14.8 Å². The van der Waals surface area contributed by atoms with Gasteiger partial charge in [-0.15, -0.1) is 0 Å². The highest BCUT2D eigenvalue weighted by atomic mass is 32.2. The number of hydrogen-bond donors (Lipinski definition) is 1. The monoisotopic (exact) mass is 421 g/mol. The summed E-state index contributed by atoms with van der Waals surface area (Å²) in [6, 6.07) is 18.2. The Labute approximate surface area is 176 Å². The third-order valence-corrected chi connectivity index (χ3v) is 5.50. The van der Waals surface area contributed by atoms with Crippen molar-refractivity contribution in [2.24, 2.45) is 0 Å². The minimum absolute atomic E-state index is 0.245. The fourth-order valence-corrected chi connectivity index (χ4v) is 4.04. The Bertz CT molecular complexity index is 1180. The molecule has 1 amide bonds. The molecule has 0 aromatic heterocycles. The Kier molecular flexibility index (Phi) is 5.33. The lowest BCUT2D eigenvalue weighted by molar-refractivity contribution is -0.115. The van der Waals surface area contributed by atoms with E-state index in [1.54, 1.807) is 30.3 Å². The molecule has 0 spiro atoms. The molecule has 7 heteroatoms. The number of ether oxygens (including phenoxy) is 2. The predicted molar refractivity (Wildman–Crippen MR) is 118 cm³/mol. The molecule has 0 bridgehead atoms. The molecule has 3 aromatic carbocycles. The Hall–Kier alpha value is -3.16. The summed E-state index contributed by atoms with van der Waals surface area (Å²) in [6.45, 7) is 0. The quantitative estimate of drug-likeness (QED) is 0.288. The number of amides is 1. The summed E-state index contributed by atoms with van der Waals surface area (Å²) in [5.41, 5.74) is 1.15. The van der Waals surface area contributed by atoms with Crippen molar-refractivity contribution >= 4 is 57.0 Å². The molecule has 0 aliphatic carbocycles. The average molecular weight is 421 g/mol. The van der Waals surface area contributed by atoms with Crippen LogP contribution in [0.1, 0.15) is 15.9 Å². The van der Waals surface area contributed by atoms with Gasteiger partial charge in [0.15, 0.2) is 11.5 Å². The molecular weight excluding hydrogens is 406 g/mol. The number of esters is 1. The second-order valence-corrected chi connectivity index (χ2v) is 7.90. The first-order valence-corrected chi connectivity index (χ1v) is 9.90. The van der Waals surface area contributed by atoms with Crippen molar-refractivity contribution in [1.82, 2.24) is 5.32 Å². The largest absolute Gasteiger partial charge is 0.493 e. The molecule has 1 aliphatic heterocycles. The van der Waals surface area contributed by atoms with Crippen LogP contribution < -0.4 is 14.8 Å². The Morgan fingerprint density at radius 3 is 2.62 bits per heavy atom. The average Bonchev–Trinajstić information content (AvgIpc) is 3.04. The zero-order valence-corrected chi connectivity index (χ0v) is 16.9. The molecule has 1 saturated heterocycles. The summed E-state index contributed by atoms with van der Waals surface area (Å²) in [4.78, 5) is 25.2. The highest BCUT2D eigenvalue weighted by Crippen LogP contribution is 2.32. The van der Waals surface area contributed by atoms with E-state index in [4.69, 9.17) is 21.7 Å². The van der Waals surface area contributed by atoms with Crippen LogP contribution in [0.5, 0.6) is 11.5 Å². The minimum Gasteiger partial charge on any atom is -0.493 e. The van der Waals surface area contributed by atoms with E-state index in [0.29, 0.717) is 26.1 Å². The fraction of sp³-hybridized carbons (Fsp3) is 0.0455. The van der Waals surface area contributed by atoms with Gasteiger partial charge in [-0.05, 0) is 40.6 Å². The summed E-state index contributed by atoms with van der Waals surface area (Å²) in [5, 5.41) is 4.33. The van der Waals surface area contributed by atoms with Crippen LogP contribution in [0, 0.1) is 0 Å². The number of carbonyl (C=O) groups excluding carboxylic acids is 2. The second-order valence-electron chi connectivity index (χ2n) is 6.18. The smallest absolute Gasteiger partial charge is 0.344 e. The molecule has 0 unspecified atom stereocenters. The number of thiocarbonyl (C=S) groups is 1. The van der Waals surface area contributed by atoms with E-state index in [1.807, 2.05) is 36.4 Å². The molecule has 1 fully saturated rings. The van der Waals surface area contributed by atoms with Gasteiger partial charge in [-0.2, -0.15) is 0 Å². The van der Waals surface area contributed by atoms with Crippen molar-refractivity contribution in [2.75, 3.05) is 7.11 Å². The van der Waals surface area contributed by atoms with Crippen LogP contribution in [0.4, 0.5) is 0 Å². The van der Waals surface area contributed by atoms with Gasteiger partial charge in [0, 0.05) is 0 Å². The Morgan fingerprint density at radius 2 is 1.86 bits per heavy atom. The van der Waals surface area contributed by atoms with E-state index in [2.05, 4.69) is 5.32 Å². The maximum absolute atomic E-state index is 12.9. The van der Waals surface area contributed by atoms with Crippen LogP contribution in [0.2, 0.25) is 0 Å². The predicted octanol–water partition coefficient (Wildman–Crippen LogP) is 4.56. The normalized spacial score (nSPS) is 14.9. The highest BCUT2D eigenvalue weighted by Gasteiger charge is 2.22. The van der Waals surface area contributed by atoms with Gasteiger partial charge in [0.2, 0.25) is 0 Å². The van der Waals surface area contributed by atoms with Gasteiger partial charge in [-0.1, -0.05) is 66.4 Å². The van der Waals surface area contributed by atoms with Crippen molar-refractivity contribution in [3.63, 3.8) is 0 Å². The Morgan fingerprint density at radius 1 is 1.07 bits per heavy atom. The summed E-state index contributed by atoms with van der Waals surface area (Å²) < 4.78 is 11.4. The Balaban J connectivity index is 1.67. The van der Waals surface area contributed by atoms with Crippen LogP contribution in [0.25, 0.3) is 16.8 Å². The lowest BCUT2D eigenvalue weighted by Crippen LogP contribution is -2.17. The molecule has 0 atom stereocenters. The molecule has 29 heavy (non-hydrogen) atoms. The number of rotatable bonds is 4. The number of nitrogens with one attached hydrogen (secondary N) is 1. The van der Waals surface area contributed by atoms with Crippen molar-refractivity contribution in [3.05, 3.63) is 76.7 Å². The van der Waals surface area contributed by atoms with Gasteiger partial charge in [-0.3, -0.25) is 4.79 Å². The molecule has 0 saturated carbocycles. The summed E-state index contributed by atoms with van der Waals surface area (Å²) in [5.74, 6) is -0.0465. The van der Waals surface area contributed by atoms with Crippen LogP contribution in [-0.4, -0.2) is 23.3 Å². The second kappa shape index (κ2) is 8.06. The maximum atomic E-state index is 12.9. The molecular formula is C22H15NO4S2. The number of benzene rings is 3. The lowest BCUT2D eigenvalue weighted by atomic mass is 10.0. The molecule has 0 radical (unpaired) electrons. The van der Waals surface area contributed by atoms with Crippen molar-refractivity contribution in [2.45, 2.75) is 0 Å². The molecule has 144 valence electrons. The minimum atomic E-state index is -0.487. The van der Waals surface area contributed by atoms with Crippen LogP contribution in [-0.2, 0) is 4.79 Å². The van der Waals surface area contributed by atoms with Crippen molar-refractivity contribution in [1.29, 1.82) is 0 Å². The lowest BCUT2D eigenvalue weighted by Gasteiger charge is -2.11. The standard InChI is InChI=1S/C22H15NO4S2/c1-26-17-10-9-13(12-19-20(24)23-22(28)29-19)11-18(17)27-21(25)16-8-4-6-14-5-2-3-7-15(14)16/h2-12H,1H3,(H,23,24,28)/b19-12-. The summed E-state index contributed by atoms with van der Waals surface area (Å²) in [6.07, 6.45) is 1.69. The number of hydrogen-bond acceptors (Lipinski definition) is 6. The third-order valence-electron chi connectivity index (χ3n) is 4.34. The van der Waals surface area contributed by atoms with E-state index < -0.39 is 5.97 Å². The van der Waals surface area contributed by atoms with Crippen LogP contribution >= 0.6 is 24.0 Å². The van der Waals surface area contributed by atoms with Crippen molar-refractivity contribution < 1.29 is 19.1 Å². The number of methoxy groups -OCH3 is 1. The van der Waals surface area contributed by atoms with E-state index in [-0.39, 0.29) is 11.7 Å². The van der Waals surface area contributed by atoms with Crippen LogP contribution in [0.3, 0.4) is 0 Å². The summed E-state index contributed by atoms with van der Waals surface area (Å²) >= 11 is 6.19. The molecule has 3 aromatic rings. The number of thioether (sulfide) groups is 1. The number of carbonyl (C=O) groups is 2. The molecule has 1 aliphatic rings. The first-order valence-electron chi connectivity index (χ1n) is 8.68. The molecule has 4 rings (SSSR count). The zero-order chi connectivity index (χ0) is 20.4. The van der Waals surface area contributed by atoms with Gasteiger partial charge in [0.05, 0.1) is 17.6 Å². The molecule has 5 nitrogen and oxygen atoms in total. The third kappa shape index (κ3) is 4.01. The molecule has 1 heterocycles. The SMILES string of the molecule is COc1ccc(/C=C2\SC(=S)NC2=O)cc1OC(=O)c1cccc2ccccc12. The highest BCUT2D eigenvalue weighted by molar-refractivity contribution is 8.26. The van der Waals surface area contributed by atoms with E-state index in [0.717, 1.165) is 10.8 Å². The fourth-order valence-electron chi connectivity index (χ4n) is 2.99. The first-order chi connectivity index (χ1) is 14.0.